The number of nitrogens with one attached hydrogen (secondary N) is 1. The van der Waals surface area contributed by atoms with Crippen LogP contribution >= 0.6 is 0 Å². The van der Waals surface area contributed by atoms with Gasteiger partial charge in [0, 0.05) is 35.7 Å². The third-order valence-electron chi connectivity index (χ3n) is 8.58. The van der Waals surface area contributed by atoms with Gasteiger partial charge in [0.1, 0.15) is 5.75 Å². The molecule has 1 heterocycles. The molecule has 0 spiro atoms. The van der Waals surface area contributed by atoms with Crippen LogP contribution in [-0.2, 0) is 18.4 Å². The summed E-state index contributed by atoms with van der Waals surface area (Å²) in [6.07, 6.45) is 1.50. The summed E-state index contributed by atoms with van der Waals surface area (Å²) < 4.78 is 0. The van der Waals surface area contributed by atoms with E-state index in [1.807, 2.05) is 53.4 Å². The monoisotopic (exact) mass is 468 g/mol. The minimum atomic E-state index is -0.136. The number of likely N-dealkylation sites (tertiary alicyclic amines) is 1. The number of hydrogen-bond donors (Lipinski definition) is 2. The van der Waals surface area contributed by atoms with E-state index in [1.54, 1.807) is 18.2 Å². The van der Waals surface area contributed by atoms with Gasteiger partial charge in [-0.3, -0.25) is 9.59 Å². The van der Waals surface area contributed by atoms with E-state index in [1.165, 1.54) is 5.56 Å². The Kier molecular flexibility index (Phi) is 5.66. The molecule has 35 heavy (non-hydrogen) atoms. The van der Waals surface area contributed by atoms with Crippen LogP contribution in [0.25, 0.3) is 0 Å². The minimum absolute atomic E-state index is 0.000567. The molecule has 2 N–H and O–H groups in total. The van der Waals surface area contributed by atoms with Gasteiger partial charge in [-0.25, -0.2) is 0 Å². The molecule has 0 saturated carbocycles. The Balaban J connectivity index is 1.33. The summed E-state index contributed by atoms with van der Waals surface area (Å²) in [5.74, 6) is 0.222. The van der Waals surface area contributed by atoms with Crippen LogP contribution in [0, 0.1) is 5.41 Å². The van der Waals surface area contributed by atoms with Gasteiger partial charge < -0.3 is 15.3 Å². The fraction of sp³-hybridized carbons (Fsp3) is 0.333. The topological polar surface area (TPSA) is 69.6 Å². The van der Waals surface area contributed by atoms with E-state index >= 15 is 0 Å². The lowest BCUT2D eigenvalue weighted by Gasteiger charge is -2.60. The van der Waals surface area contributed by atoms with E-state index in [4.69, 9.17) is 0 Å². The number of fused-ring (bicyclic) bond motifs is 4. The lowest BCUT2D eigenvalue weighted by atomic mass is 9.51. The zero-order chi connectivity index (χ0) is 24.8. The molecule has 0 unspecified atom stereocenters. The summed E-state index contributed by atoms with van der Waals surface area (Å²) in [7, 11) is 0. The molecule has 1 fully saturated rings. The number of aromatic hydroxyl groups is 1. The van der Waals surface area contributed by atoms with Gasteiger partial charge in [-0.2, -0.15) is 0 Å². The van der Waals surface area contributed by atoms with E-state index in [9.17, 15) is 14.7 Å². The number of hydrogen-bond acceptors (Lipinski definition) is 3. The second kappa shape index (κ2) is 8.56. The van der Waals surface area contributed by atoms with Gasteiger partial charge in [0.25, 0.3) is 11.8 Å². The number of phenols is 1. The van der Waals surface area contributed by atoms with Crippen molar-refractivity contribution in [1.82, 2.24) is 10.2 Å². The van der Waals surface area contributed by atoms with Crippen LogP contribution < -0.4 is 5.32 Å². The van der Waals surface area contributed by atoms with Crippen LogP contribution in [0.5, 0.6) is 5.75 Å². The molecular formula is C30H32N2O3. The van der Waals surface area contributed by atoms with E-state index in [0.717, 1.165) is 17.5 Å². The number of carbonyl (C=O) groups excluding carboxylic acids is 2. The third kappa shape index (κ3) is 3.79. The number of carbonyl (C=O) groups is 2. The van der Waals surface area contributed by atoms with E-state index < -0.39 is 0 Å². The summed E-state index contributed by atoms with van der Waals surface area (Å²) in [5, 5.41) is 13.5. The van der Waals surface area contributed by atoms with E-state index in [-0.39, 0.29) is 28.7 Å². The van der Waals surface area contributed by atoms with Crippen molar-refractivity contribution in [1.29, 1.82) is 0 Å². The number of phenolic OH excluding ortho intramolecular Hbond substituents is 1. The zero-order valence-corrected chi connectivity index (χ0v) is 20.5. The van der Waals surface area contributed by atoms with Crippen molar-refractivity contribution in [2.45, 2.75) is 51.6 Å². The van der Waals surface area contributed by atoms with Gasteiger partial charge in [-0.1, -0.05) is 63.2 Å². The molecule has 5 heteroatoms. The molecule has 5 nitrogen and oxygen atoms in total. The van der Waals surface area contributed by atoms with Gasteiger partial charge >= 0.3 is 0 Å². The van der Waals surface area contributed by atoms with Crippen molar-refractivity contribution < 1.29 is 14.7 Å². The van der Waals surface area contributed by atoms with Gasteiger partial charge in [0.2, 0.25) is 0 Å². The highest BCUT2D eigenvalue weighted by Crippen LogP contribution is 2.57. The molecule has 2 atom stereocenters. The maximum absolute atomic E-state index is 13.6. The zero-order valence-electron chi connectivity index (χ0n) is 20.5. The first-order valence-electron chi connectivity index (χ1n) is 12.3. The predicted molar refractivity (Wildman–Crippen MR) is 136 cm³/mol. The van der Waals surface area contributed by atoms with Crippen molar-refractivity contribution in [2.75, 3.05) is 6.54 Å². The molecular weight excluding hydrogens is 436 g/mol. The number of nitrogens with zero attached hydrogens (tertiary/aromatic N) is 1. The maximum atomic E-state index is 13.6. The molecule has 1 saturated heterocycles. The normalized spacial score (nSPS) is 22.3. The average molecular weight is 469 g/mol. The first kappa shape index (κ1) is 23.2. The van der Waals surface area contributed by atoms with Gasteiger partial charge in [0.15, 0.2) is 0 Å². The quantitative estimate of drug-likeness (QED) is 0.561. The van der Waals surface area contributed by atoms with Crippen LogP contribution in [0.2, 0.25) is 0 Å². The SMILES string of the molecule is CC1(C)[C@H]2Cc3c(O)cccc3[C@]1(C)CCN2C(=O)c1ccc(CNC(=O)c2ccccc2)cc1. The highest BCUT2D eigenvalue weighted by molar-refractivity contribution is 5.95. The molecule has 5 rings (SSSR count). The standard InChI is InChI=1S/C30H32N2O3/c1-29(2)26-18-23-24(10-7-11-25(23)33)30(29,3)16-17-32(26)28(35)22-14-12-20(13-15-22)19-31-27(34)21-8-5-4-6-9-21/h4-15,26,33H,16-19H2,1-3H3,(H,31,34)/t26-,30+/m1/s1. The fourth-order valence-electron chi connectivity index (χ4n) is 5.97. The molecule has 180 valence electrons. The number of benzene rings is 3. The Hall–Kier alpha value is -3.60. The Bertz CT molecular complexity index is 1270. The number of piperidine rings is 1. The molecule has 0 radical (unpaired) electrons. The minimum Gasteiger partial charge on any atom is -0.508 e. The van der Waals surface area contributed by atoms with Crippen LogP contribution in [0.4, 0.5) is 0 Å². The Morgan fingerprint density at radius 3 is 2.37 bits per heavy atom. The van der Waals surface area contributed by atoms with Gasteiger partial charge in [-0.05, 0) is 65.3 Å². The molecule has 3 aromatic carbocycles. The van der Waals surface area contributed by atoms with E-state index in [2.05, 4.69) is 32.2 Å². The summed E-state index contributed by atoms with van der Waals surface area (Å²) in [6.45, 7) is 7.87. The highest BCUT2D eigenvalue weighted by Gasteiger charge is 2.57. The van der Waals surface area contributed by atoms with E-state index in [0.29, 0.717) is 36.4 Å². The van der Waals surface area contributed by atoms with Crippen LogP contribution in [0.3, 0.4) is 0 Å². The molecule has 0 aromatic heterocycles. The second-order valence-corrected chi connectivity index (χ2v) is 10.6. The van der Waals surface area contributed by atoms with Crippen LogP contribution in [0.1, 0.15) is 64.6 Å². The Morgan fingerprint density at radius 1 is 0.943 bits per heavy atom. The summed E-state index contributed by atoms with van der Waals surface area (Å²) >= 11 is 0. The first-order valence-corrected chi connectivity index (χ1v) is 12.3. The summed E-state index contributed by atoms with van der Waals surface area (Å²) in [4.78, 5) is 28.0. The van der Waals surface area contributed by atoms with Crippen molar-refractivity contribution >= 4 is 11.8 Å². The lowest BCUT2D eigenvalue weighted by molar-refractivity contribution is -0.0266. The predicted octanol–water partition coefficient (Wildman–Crippen LogP) is 5.08. The largest absolute Gasteiger partial charge is 0.508 e. The second-order valence-electron chi connectivity index (χ2n) is 10.6. The molecule has 1 aliphatic carbocycles. The average Bonchev–Trinajstić information content (AvgIpc) is 2.86. The number of rotatable bonds is 4. The first-order chi connectivity index (χ1) is 16.7. The fourth-order valence-corrected chi connectivity index (χ4v) is 5.97. The Morgan fingerprint density at radius 2 is 1.66 bits per heavy atom. The van der Waals surface area contributed by atoms with Crippen LogP contribution in [-0.4, -0.2) is 34.4 Å². The maximum Gasteiger partial charge on any atom is 0.254 e. The molecule has 1 aliphatic heterocycles. The molecule has 2 aliphatic rings. The van der Waals surface area contributed by atoms with Crippen molar-refractivity contribution in [2.24, 2.45) is 5.41 Å². The van der Waals surface area contributed by atoms with Crippen molar-refractivity contribution in [3.8, 4) is 5.75 Å². The van der Waals surface area contributed by atoms with Crippen LogP contribution in [0.15, 0.2) is 72.8 Å². The van der Waals surface area contributed by atoms with Crippen molar-refractivity contribution in [3.63, 3.8) is 0 Å². The highest BCUT2D eigenvalue weighted by atomic mass is 16.3. The molecule has 2 bridgehead atoms. The third-order valence-corrected chi connectivity index (χ3v) is 8.58. The van der Waals surface area contributed by atoms with Crippen molar-refractivity contribution in [3.05, 3.63) is 101 Å². The summed E-state index contributed by atoms with van der Waals surface area (Å²) in [6, 6.07) is 22.4. The summed E-state index contributed by atoms with van der Waals surface area (Å²) in [5.41, 5.74) is 4.15. The van der Waals surface area contributed by atoms with Gasteiger partial charge in [0.05, 0.1) is 0 Å². The lowest BCUT2D eigenvalue weighted by Crippen LogP contribution is -2.64. The van der Waals surface area contributed by atoms with Gasteiger partial charge in [-0.15, -0.1) is 0 Å². The smallest absolute Gasteiger partial charge is 0.254 e. The number of amides is 2. The molecule has 3 aromatic rings. The molecule has 2 amide bonds. The Labute approximate surface area is 206 Å².